The van der Waals surface area contributed by atoms with Crippen molar-refractivity contribution in [3.05, 3.63) is 35.4 Å². The molecule has 1 aliphatic carbocycles. The van der Waals surface area contributed by atoms with E-state index in [1.807, 2.05) is 12.1 Å². The van der Waals surface area contributed by atoms with Crippen LogP contribution in [0.5, 0.6) is 0 Å². The zero-order valence-electron chi connectivity index (χ0n) is 17.5. The van der Waals surface area contributed by atoms with Crippen LogP contribution in [0.3, 0.4) is 0 Å². The highest BCUT2D eigenvalue weighted by Crippen LogP contribution is 2.23. The van der Waals surface area contributed by atoms with Gasteiger partial charge in [-0.05, 0) is 36.5 Å². The molecule has 2 fully saturated rings. The first kappa shape index (κ1) is 22.2. The fourth-order valence-electron chi connectivity index (χ4n) is 3.88. The number of urea groups is 1. The number of amides is 3. The number of ether oxygens (including phenoxy) is 2. The summed E-state index contributed by atoms with van der Waals surface area (Å²) in [5, 5.41) is 5.06. The molecule has 8 nitrogen and oxygen atoms in total. The Kier molecular flexibility index (Phi) is 8.21. The topological polar surface area (TPSA) is 97.0 Å². The molecule has 1 heterocycles. The lowest BCUT2D eigenvalue weighted by Crippen LogP contribution is -2.48. The number of nitrogens with zero attached hydrogens (tertiary/aromatic N) is 1. The number of carbonyl (C=O) groups excluding carboxylic acids is 3. The number of hydrogen-bond donors (Lipinski definition) is 2. The van der Waals surface area contributed by atoms with Crippen molar-refractivity contribution in [1.29, 1.82) is 0 Å². The van der Waals surface area contributed by atoms with E-state index in [0.717, 1.165) is 57.7 Å². The van der Waals surface area contributed by atoms with E-state index in [0.29, 0.717) is 11.5 Å². The summed E-state index contributed by atoms with van der Waals surface area (Å²) in [5.74, 6) is -0.846. The number of morpholine rings is 1. The molecule has 0 aromatic heterocycles. The van der Waals surface area contributed by atoms with E-state index in [-0.39, 0.29) is 6.04 Å². The number of nitrogens with one attached hydrogen (secondary N) is 2. The predicted octanol–water partition coefficient (Wildman–Crippen LogP) is 2.08. The number of carbonyl (C=O) groups is 3. The molecule has 3 rings (SSSR count). The molecule has 1 saturated carbocycles. The quantitative estimate of drug-likeness (QED) is 0.688. The van der Waals surface area contributed by atoms with E-state index in [9.17, 15) is 14.4 Å². The van der Waals surface area contributed by atoms with Gasteiger partial charge in [0.15, 0.2) is 6.61 Å². The average molecular weight is 418 g/mol. The Bertz CT molecular complexity index is 731. The van der Waals surface area contributed by atoms with Crippen LogP contribution in [0.15, 0.2) is 24.3 Å². The molecular formula is C22H31N3O5. The monoisotopic (exact) mass is 417 g/mol. The maximum atomic E-state index is 12.2. The fraction of sp³-hybridized carbons (Fsp3) is 0.591. The summed E-state index contributed by atoms with van der Waals surface area (Å²) in [5.41, 5.74) is 1.47. The van der Waals surface area contributed by atoms with E-state index in [2.05, 4.69) is 22.5 Å². The molecule has 2 N–H and O–H groups in total. The van der Waals surface area contributed by atoms with Gasteiger partial charge in [-0.15, -0.1) is 0 Å². The molecule has 0 unspecified atom stereocenters. The van der Waals surface area contributed by atoms with Gasteiger partial charge in [-0.2, -0.15) is 0 Å². The number of imide groups is 1. The van der Waals surface area contributed by atoms with Crippen LogP contribution in [-0.4, -0.2) is 61.8 Å². The number of hydrogen-bond acceptors (Lipinski definition) is 6. The summed E-state index contributed by atoms with van der Waals surface area (Å²) < 4.78 is 10.4. The third kappa shape index (κ3) is 6.81. The molecule has 1 aromatic carbocycles. The Morgan fingerprint density at radius 3 is 2.50 bits per heavy atom. The van der Waals surface area contributed by atoms with Gasteiger partial charge in [0.25, 0.3) is 5.91 Å². The molecule has 0 radical (unpaired) electrons. The third-order valence-corrected chi connectivity index (χ3v) is 5.71. The molecule has 30 heavy (non-hydrogen) atoms. The van der Waals surface area contributed by atoms with Crippen LogP contribution >= 0.6 is 0 Å². The minimum Gasteiger partial charge on any atom is -0.452 e. The van der Waals surface area contributed by atoms with Crippen molar-refractivity contribution in [2.24, 2.45) is 5.92 Å². The van der Waals surface area contributed by atoms with Crippen LogP contribution in [0.1, 0.15) is 48.5 Å². The highest BCUT2D eigenvalue weighted by atomic mass is 16.5. The molecule has 8 heteroatoms. The lowest BCUT2D eigenvalue weighted by molar-refractivity contribution is -0.123. The van der Waals surface area contributed by atoms with Gasteiger partial charge in [0.1, 0.15) is 0 Å². The molecule has 164 valence electrons. The first-order chi connectivity index (χ1) is 14.5. The van der Waals surface area contributed by atoms with Gasteiger partial charge in [0, 0.05) is 25.7 Å². The van der Waals surface area contributed by atoms with Gasteiger partial charge in [0.05, 0.1) is 18.8 Å². The zero-order chi connectivity index (χ0) is 21.3. The number of benzene rings is 1. The first-order valence-corrected chi connectivity index (χ1v) is 10.7. The molecule has 1 aliphatic heterocycles. The van der Waals surface area contributed by atoms with E-state index >= 15 is 0 Å². The minimum absolute atomic E-state index is 0.0741. The molecule has 1 aromatic rings. The standard InChI is InChI=1S/C22H31N3O5/c1-16-4-2-3-5-19(16)23-22(28)24-20(26)15-30-21(27)18-8-6-17(7-9-18)14-25-10-12-29-13-11-25/h6-9,16,19H,2-5,10-15H2,1H3,(H2,23,24,26,28)/t16-,19-/m0/s1. The van der Waals surface area contributed by atoms with Gasteiger partial charge in [-0.25, -0.2) is 9.59 Å². The Hall–Kier alpha value is -2.45. The molecule has 3 amide bonds. The predicted molar refractivity (Wildman–Crippen MR) is 111 cm³/mol. The summed E-state index contributed by atoms with van der Waals surface area (Å²) in [7, 11) is 0. The van der Waals surface area contributed by atoms with Crippen LogP contribution in [0, 0.1) is 5.92 Å². The zero-order valence-corrected chi connectivity index (χ0v) is 17.5. The van der Waals surface area contributed by atoms with Gasteiger partial charge >= 0.3 is 12.0 Å². The Labute approximate surface area is 177 Å². The van der Waals surface area contributed by atoms with E-state index < -0.39 is 24.5 Å². The second kappa shape index (κ2) is 11.1. The fourth-order valence-corrected chi connectivity index (χ4v) is 3.88. The van der Waals surface area contributed by atoms with Crippen molar-refractivity contribution >= 4 is 17.9 Å². The average Bonchev–Trinajstić information content (AvgIpc) is 2.75. The maximum Gasteiger partial charge on any atom is 0.338 e. The van der Waals surface area contributed by atoms with E-state index in [4.69, 9.17) is 9.47 Å². The third-order valence-electron chi connectivity index (χ3n) is 5.71. The second-order valence-electron chi connectivity index (χ2n) is 8.05. The summed E-state index contributed by atoms with van der Waals surface area (Å²) in [6, 6.07) is 6.67. The highest BCUT2D eigenvalue weighted by Gasteiger charge is 2.23. The van der Waals surface area contributed by atoms with Crippen molar-refractivity contribution in [3.63, 3.8) is 0 Å². The van der Waals surface area contributed by atoms with Crippen LogP contribution in [0.2, 0.25) is 0 Å². The minimum atomic E-state index is -0.645. The van der Waals surface area contributed by atoms with E-state index in [1.165, 1.54) is 6.42 Å². The first-order valence-electron chi connectivity index (χ1n) is 10.7. The second-order valence-corrected chi connectivity index (χ2v) is 8.05. The molecule has 1 saturated heterocycles. The van der Waals surface area contributed by atoms with Crippen molar-refractivity contribution in [2.75, 3.05) is 32.9 Å². The summed E-state index contributed by atoms with van der Waals surface area (Å²) >= 11 is 0. The van der Waals surface area contributed by atoms with Crippen molar-refractivity contribution in [1.82, 2.24) is 15.5 Å². The number of esters is 1. The van der Waals surface area contributed by atoms with Crippen molar-refractivity contribution in [2.45, 2.75) is 45.2 Å². The van der Waals surface area contributed by atoms with Gasteiger partial charge in [0.2, 0.25) is 0 Å². The highest BCUT2D eigenvalue weighted by molar-refractivity contribution is 5.97. The molecule has 0 spiro atoms. The van der Waals surface area contributed by atoms with E-state index in [1.54, 1.807) is 12.1 Å². The van der Waals surface area contributed by atoms with Crippen molar-refractivity contribution < 1.29 is 23.9 Å². The SMILES string of the molecule is C[C@H]1CCCC[C@@H]1NC(=O)NC(=O)COC(=O)c1ccc(CN2CCOCC2)cc1. The Balaban J connectivity index is 1.38. The Morgan fingerprint density at radius 2 is 1.80 bits per heavy atom. The van der Waals surface area contributed by atoms with Gasteiger partial charge in [-0.1, -0.05) is 31.9 Å². The maximum absolute atomic E-state index is 12.2. The van der Waals surface area contributed by atoms with Gasteiger partial charge < -0.3 is 14.8 Å². The van der Waals surface area contributed by atoms with Gasteiger partial charge in [-0.3, -0.25) is 15.0 Å². The molecular weight excluding hydrogens is 386 g/mol. The molecule has 2 aliphatic rings. The van der Waals surface area contributed by atoms with Crippen LogP contribution in [-0.2, 0) is 20.8 Å². The lowest BCUT2D eigenvalue weighted by Gasteiger charge is -2.29. The largest absolute Gasteiger partial charge is 0.452 e. The lowest BCUT2D eigenvalue weighted by atomic mass is 9.86. The molecule has 0 bridgehead atoms. The summed E-state index contributed by atoms with van der Waals surface area (Å²) in [4.78, 5) is 38.4. The van der Waals surface area contributed by atoms with Crippen LogP contribution in [0.25, 0.3) is 0 Å². The van der Waals surface area contributed by atoms with Crippen LogP contribution < -0.4 is 10.6 Å². The number of rotatable bonds is 6. The van der Waals surface area contributed by atoms with Crippen LogP contribution in [0.4, 0.5) is 4.79 Å². The van der Waals surface area contributed by atoms with Crippen molar-refractivity contribution in [3.8, 4) is 0 Å². The Morgan fingerprint density at radius 1 is 1.10 bits per heavy atom. The summed E-state index contributed by atoms with van der Waals surface area (Å²) in [6.07, 6.45) is 4.23. The normalized spacial score (nSPS) is 22.2. The molecule has 2 atom stereocenters. The summed E-state index contributed by atoms with van der Waals surface area (Å²) in [6.45, 7) is 5.67. The smallest absolute Gasteiger partial charge is 0.338 e.